The van der Waals surface area contributed by atoms with Crippen LogP contribution in [-0.2, 0) is 13.0 Å². The Morgan fingerprint density at radius 1 is 1.22 bits per heavy atom. The third kappa shape index (κ3) is 5.26. The number of fused-ring (bicyclic) bond motifs is 1. The summed E-state index contributed by atoms with van der Waals surface area (Å²) in [5.74, 6) is 0.917. The first-order valence-electron chi connectivity index (χ1n) is 12.1. The van der Waals surface area contributed by atoms with E-state index in [0.29, 0.717) is 6.54 Å². The van der Waals surface area contributed by atoms with Crippen LogP contribution < -0.4 is 4.74 Å². The van der Waals surface area contributed by atoms with Crippen molar-refractivity contribution in [1.29, 1.82) is 0 Å². The monoisotopic (exact) mass is 456 g/mol. The molecule has 0 saturated carbocycles. The number of aromatic nitrogens is 1. The van der Waals surface area contributed by atoms with Gasteiger partial charge in [-0.25, -0.2) is 9.78 Å². The zero-order valence-electron chi connectivity index (χ0n) is 19.7. The van der Waals surface area contributed by atoms with Crippen molar-refractivity contribution in [3.05, 3.63) is 34.8 Å². The molecule has 1 aromatic heterocycles. The number of nitrogens with zero attached hydrogens (tertiary/aromatic N) is 4. The Morgan fingerprint density at radius 3 is 2.69 bits per heavy atom. The van der Waals surface area contributed by atoms with Gasteiger partial charge in [0.1, 0.15) is 10.8 Å². The summed E-state index contributed by atoms with van der Waals surface area (Å²) in [5, 5.41) is 1.03. The van der Waals surface area contributed by atoms with E-state index in [0.717, 1.165) is 73.7 Å². The Labute approximate surface area is 196 Å². The third-order valence-corrected chi connectivity index (χ3v) is 7.82. The average molecular weight is 457 g/mol. The maximum Gasteiger partial charge on any atom is 0.320 e. The van der Waals surface area contributed by atoms with Crippen molar-refractivity contribution in [3.63, 3.8) is 0 Å². The molecular weight excluding hydrogens is 420 g/mol. The van der Waals surface area contributed by atoms with E-state index in [9.17, 15) is 4.79 Å². The molecule has 2 aliphatic rings. The molecule has 174 valence electrons. The number of hydrogen-bond acceptors (Lipinski definition) is 5. The molecule has 0 N–H and O–H groups in total. The lowest BCUT2D eigenvalue weighted by atomic mass is 10.2. The quantitative estimate of drug-likeness (QED) is 0.531. The zero-order chi connectivity index (χ0) is 22.5. The maximum absolute atomic E-state index is 12.7. The molecule has 6 nitrogen and oxygen atoms in total. The van der Waals surface area contributed by atoms with Gasteiger partial charge in [-0.05, 0) is 70.8 Å². The predicted octanol–water partition coefficient (Wildman–Crippen LogP) is 4.88. The molecule has 7 heteroatoms. The van der Waals surface area contributed by atoms with Crippen LogP contribution in [0.4, 0.5) is 4.79 Å². The summed E-state index contributed by atoms with van der Waals surface area (Å²) in [5.41, 5.74) is 2.26. The van der Waals surface area contributed by atoms with Crippen molar-refractivity contribution >= 4 is 17.4 Å². The van der Waals surface area contributed by atoms with Crippen LogP contribution in [0.3, 0.4) is 0 Å². The highest BCUT2D eigenvalue weighted by Crippen LogP contribution is 2.32. The van der Waals surface area contributed by atoms with Gasteiger partial charge in [0.05, 0.1) is 18.8 Å². The van der Waals surface area contributed by atoms with E-state index in [4.69, 9.17) is 9.72 Å². The van der Waals surface area contributed by atoms with E-state index >= 15 is 0 Å². The minimum absolute atomic E-state index is 0.135. The van der Waals surface area contributed by atoms with Crippen LogP contribution in [0, 0.1) is 0 Å². The fourth-order valence-electron chi connectivity index (χ4n) is 4.65. The third-order valence-electron chi connectivity index (χ3n) is 6.69. The normalized spacial score (nSPS) is 18.6. The number of ether oxygens (including phenoxy) is 1. The highest BCUT2D eigenvalue weighted by atomic mass is 32.1. The fraction of sp³-hybridized carbons (Fsp3) is 0.600. The minimum atomic E-state index is 0.135. The second kappa shape index (κ2) is 10.7. The molecule has 0 bridgehead atoms. The highest BCUT2D eigenvalue weighted by molar-refractivity contribution is 7.15. The van der Waals surface area contributed by atoms with Crippen LogP contribution in [0.1, 0.15) is 50.6 Å². The topological polar surface area (TPSA) is 48.9 Å². The molecule has 1 saturated heterocycles. The van der Waals surface area contributed by atoms with Crippen molar-refractivity contribution < 1.29 is 9.53 Å². The number of hydrogen-bond donors (Lipinski definition) is 0. The Bertz CT molecular complexity index is 894. The molecule has 1 fully saturated rings. The fourth-order valence-corrected chi connectivity index (χ4v) is 5.78. The largest absolute Gasteiger partial charge is 0.494 e. The van der Waals surface area contributed by atoms with Gasteiger partial charge in [0.25, 0.3) is 0 Å². The van der Waals surface area contributed by atoms with Gasteiger partial charge in [-0.3, -0.25) is 0 Å². The molecule has 1 aromatic carbocycles. The van der Waals surface area contributed by atoms with E-state index in [1.807, 2.05) is 35.8 Å². The van der Waals surface area contributed by atoms with Crippen molar-refractivity contribution in [3.8, 4) is 16.3 Å². The second-order valence-corrected chi connectivity index (χ2v) is 9.85. The number of carbonyl (C=O) groups is 1. The first kappa shape index (κ1) is 23.1. The maximum atomic E-state index is 12.7. The summed E-state index contributed by atoms with van der Waals surface area (Å²) in [6.07, 6.45) is 4.55. The van der Waals surface area contributed by atoms with E-state index in [-0.39, 0.29) is 6.03 Å². The molecule has 1 atom stereocenters. The molecule has 32 heavy (non-hydrogen) atoms. The number of amides is 2. The van der Waals surface area contributed by atoms with Crippen LogP contribution in [0.5, 0.6) is 5.75 Å². The Kier molecular flexibility index (Phi) is 7.68. The number of carbonyl (C=O) groups excluding carboxylic acids is 1. The summed E-state index contributed by atoms with van der Waals surface area (Å²) in [6.45, 7) is 12.4. The summed E-state index contributed by atoms with van der Waals surface area (Å²) >= 11 is 1.71. The predicted molar refractivity (Wildman–Crippen MR) is 130 cm³/mol. The number of likely N-dealkylation sites (tertiary alicyclic amines) is 1. The Hall–Kier alpha value is -2.12. The highest BCUT2D eigenvalue weighted by Gasteiger charge is 2.26. The van der Waals surface area contributed by atoms with E-state index in [1.165, 1.54) is 24.3 Å². The van der Waals surface area contributed by atoms with E-state index in [2.05, 4.69) is 24.0 Å². The molecule has 2 amide bonds. The van der Waals surface area contributed by atoms with Gasteiger partial charge in [0.2, 0.25) is 0 Å². The molecule has 0 aliphatic carbocycles. The standard InChI is InChI=1S/C25H36N4O2S/c1-4-27(5-2)25(30)29-16-13-22-23(18-29)32-24(26-22)20-9-11-21(12-10-20)31-17-7-15-28-14-6-8-19(28)3/h9-12,19H,4-8,13-18H2,1-3H3. The first-order valence-corrected chi connectivity index (χ1v) is 12.9. The van der Waals surface area contributed by atoms with Gasteiger partial charge in [0.15, 0.2) is 0 Å². The average Bonchev–Trinajstić information content (AvgIpc) is 3.43. The van der Waals surface area contributed by atoms with Gasteiger partial charge in [-0.2, -0.15) is 0 Å². The van der Waals surface area contributed by atoms with Gasteiger partial charge in [-0.15, -0.1) is 11.3 Å². The first-order chi connectivity index (χ1) is 15.6. The molecule has 0 radical (unpaired) electrons. The molecule has 1 unspecified atom stereocenters. The van der Waals surface area contributed by atoms with Crippen LogP contribution in [-0.4, -0.2) is 71.1 Å². The molecule has 0 spiro atoms. The number of benzene rings is 1. The lowest BCUT2D eigenvalue weighted by Crippen LogP contribution is -2.44. The number of thiazole rings is 1. The zero-order valence-corrected chi connectivity index (χ0v) is 20.5. The summed E-state index contributed by atoms with van der Waals surface area (Å²) in [7, 11) is 0. The second-order valence-electron chi connectivity index (χ2n) is 8.77. The van der Waals surface area contributed by atoms with Crippen LogP contribution in [0.15, 0.2) is 24.3 Å². The van der Waals surface area contributed by atoms with Gasteiger partial charge >= 0.3 is 6.03 Å². The Morgan fingerprint density at radius 2 is 2.00 bits per heavy atom. The molecule has 2 aliphatic heterocycles. The lowest BCUT2D eigenvalue weighted by Gasteiger charge is -2.31. The number of rotatable bonds is 8. The molecule has 4 rings (SSSR count). The molecule has 3 heterocycles. The summed E-state index contributed by atoms with van der Waals surface area (Å²) in [6, 6.07) is 9.15. The van der Waals surface area contributed by atoms with Crippen LogP contribution in [0.2, 0.25) is 0 Å². The van der Waals surface area contributed by atoms with Crippen molar-refractivity contribution in [1.82, 2.24) is 19.7 Å². The lowest BCUT2D eigenvalue weighted by molar-refractivity contribution is 0.152. The summed E-state index contributed by atoms with van der Waals surface area (Å²) in [4.78, 5) is 25.2. The minimum Gasteiger partial charge on any atom is -0.494 e. The SMILES string of the molecule is CCN(CC)C(=O)N1CCc2nc(-c3ccc(OCCCN4CCCC4C)cc3)sc2C1. The summed E-state index contributed by atoms with van der Waals surface area (Å²) < 4.78 is 5.96. The number of urea groups is 1. The van der Waals surface area contributed by atoms with Gasteiger partial charge in [-0.1, -0.05) is 0 Å². The van der Waals surface area contributed by atoms with Crippen LogP contribution in [0.25, 0.3) is 10.6 Å². The van der Waals surface area contributed by atoms with E-state index in [1.54, 1.807) is 11.3 Å². The van der Waals surface area contributed by atoms with E-state index < -0.39 is 0 Å². The van der Waals surface area contributed by atoms with Crippen molar-refractivity contribution in [2.75, 3.05) is 39.3 Å². The van der Waals surface area contributed by atoms with Crippen molar-refractivity contribution in [2.24, 2.45) is 0 Å². The van der Waals surface area contributed by atoms with Crippen molar-refractivity contribution in [2.45, 2.75) is 59.0 Å². The van der Waals surface area contributed by atoms with Crippen LogP contribution >= 0.6 is 11.3 Å². The molecular formula is C25H36N4O2S. The van der Waals surface area contributed by atoms with Gasteiger partial charge < -0.3 is 19.4 Å². The Balaban J connectivity index is 1.31. The smallest absolute Gasteiger partial charge is 0.320 e. The van der Waals surface area contributed by atoms with Gasteiger partial charge in [0, 0.05) is 49.1 Å². The molecule has 2 aromatic rings.